The van der Waals surface area contributed by atoms with Crippen molar-refractivity contribution in [2.24, 2.45) is 0 Å². The lowest BCUT2D eigenvalue weighted by Crippen LogP contribution is -2.61. The Morgan fingerprint density at radius 1 is 1.12 bits per heavy atom. The van der Waals surface area contributed by atoms with Crippen LogP contribution in [0.3, 0.4) is 0 Å². The monoisotopic (exact) mass is 479 g/mol. The number of nitro groups is 1. The van der Waals surface area contributed by atoms with Gasteiger partial charge in [-0.15, -0.1) is 0 Å². The van der Waals surface area contributed by atoms with Crippen LogP contribution in [-0.4, -0.2) is 35.4 Å². The molecule has 1 N–H and O–H groups in total. The summed E-state index contributed by atoms with van der Waals surface area (Å²) in [5.41, 5.74) is -3.56. The first kappa shape index (κ1) is 24.2. The SMILES string of the molecule is COC(=O)C(NC(=O)OCc1ccccc1)(c1cc(-c2ccc([N+](=O)[O-])cc2)no1)C(F)(F)F. The van der Waals surface area contributed by atoms with E-state index in [9.17, 15) is 32.9 Å². The van der Waals surface area contributed by atoms with E-state index in [2.05, 4.69) is 9.89 Å². The fraction of sp³-hybridized carbons (Fsp3) is 0.190. The first-order chi connectivity index (χ1) is 16.1. The molecular formula is C21H16F3N3O7. The van der Waals surface area contributed by atoms with Gasteiger partial charge in [-0.25, -0.2) is 9.59 Å². The van der Waals surface area contributed by atoms with Gasteiger partial charge in [0, 0.05) is 23.8 Å². The van der Waals surface area contributed by atoms with Crippen molar-refractivity contribution in [3.05, 3.63) is 82.1 Å². The Morgan fingerprint density at radius 2 is 1.76 bits per heavy atom. The van der Waals surface area contributed by atoms with Crippen LogP contribution in [0.25, 0.3) is 11.3 Å². The largest absolute Gasteiger partial charge is 0.467 e. The third-order valence-electron chi connectivity index (χ3n) is 4.67. The molecule has 0 spiro atoms. The van der Waals surface area contributed by atoms with Crippen LogP contribution in [0.2, 0.25) is 0 Å². The number of alkyl carbamates (subject to hydrolysis) is 1. The molecule has 3 aromatic rings. The van der Waals surface area contributed by atoms with Crippen molar-refractivity contribution < 1.29 is 41.7 Å². The maximum absolute atomic E-state index is 14.2. The zero-order valence-corrected chi connectivity index (χ0v) is 17.4. The molecule has 0 aliphatic heterocycles. The van der Waals surface area contributed by atoms with Gasteiger partial charge in [0.05, 0.1) is 12.0 Å². The first-order valence-electron chi connectivity index (χ1n) is 9.44. The fourth-order valence-electron chi connectivity index (χ4n) is 2.95. The number of amides is 1. The molecule has 13 heteroatoms. The zero-order chi connectivity index (χ0) is 24.9. The van der Waals surface area contributed by atoms with Crippen LogP contribution in [0.4, 0.5) is 23.7 Å². The summed E-state index contributed by atoms with van der Waals surface area (Å²) in [5.74, 6) is -3.00. The molecule has 0 aliphatic rings. The van der Waals surface area contributed by atoms with Crippen LogP contribution in [0.1, 0.15) is 11.3 Å². The summed E-state index contributed by atoms with van der Waals surface area (Å²) in [6.45, 7) is -0.369. The van der Waals surface area contributed by atoms with E-state index in [0.29, 0.717) is 12.7 Å². The van der Waals surface area contributed by atoms with Crippen molar-refractivity contribution >= 4 is 17.7 Å². The predicted octanol–water partition coefficient (Wildman–Crippen LogP) is 4.11. The van der Waals surface area contributed by atoms with E-state index in [1.54, 1.807) is 30.3 Å². The van der Waals surface area contributed by atoms with Gasteiger partial charge in [0.25, 0.3) is 11.2 Å². The fourth-order valence-corrected chi connectivity index (χ4v) is 2.95. The number of aromatic nitrogens is 1. The van der Waals surface area contributed by atoms with E-state index in [-0.39, 0.29) is 23.6 Å². The summed E-state index contributed by atoms with van der Waals surface area (Å²) in [4.78, 5) is 34.8. The van der Waals surface area contributed by atoms with Gasteiger partial charge in [-0.3, -0.25) is 15.4 Å². The number of carbonyl (C=O) groups is 2. The average molecular weight is 479 g/mol. The lowest BCUT2D eigenvalue weighted by Gasteiger charge is -2.30. The molecule has 0 fully saturated rings. The maximum Gasteiger partial charge on any atom is 0.430 e. The number of nitrogens with one attached hydrogen (secondary N) is 1. The summed E-state index contributed by atoms with van der Waals surface area (Å²) in [7, 11) is 0.702. The molecule has 0 saturated carbocycles. The minimum atomic E-state index is -5.43. The Labute approximate surface area is 189 Å². The number of non-ortho nitro benzene ring substituents is 1. The number of halogens is 3. The summed E-state index contributed by atoms with van der Waals surface area (Å²) < 4.78 is 56.7. The van der Waals surface area contributed by atoms with E-state index < -0.39 is 34.5 Å². The maximum atomic E-state index is 14.2. The van der Waals surface area contributed by atoms with Crippen molar-refractivity contribution in [3.8, 4) is 11.3 Å². The van der Waals surface area contributed by atoms with Gasteiger partial charge in [0.1, 0.15) is 12.3 Å². The molecular weight excluding hydrogens is 463 g/mol. The standard InChI is InChI=1S/C21H16F3N3O7/c1-32-18(28)20(21(22,23)24,25-19(29)33-12-13-5-3-2-4-6-13)17-11-16(26-34-17)14-7-9-15(10-8-14)27(30)31/h2-11H,12H2,1H3,(H,25,29). The molecule has 3 rings (SSSR count). The number of nitro benzene ring substituents is 1. The van der Waals surface area contributed by atoms with Gasteiger partial charge in [0.2, 0.25) is 0 Å². The number of methoxy groups -OCH3 is 1. The Kier molecular flexibility index (Phi) is 6.84. The molecule has 1 atom stereocenters. The average Bonchev–Trinajstić information content (AvgIpc) is 3.31. The van der Waals surface area contributed by atoms with Gasteiger partial charge in [-0.2, -0.15) is 13.2 Å². The van der Waals surface area contributed by atoms with Gasteiger partial charge in [-0.05, 0) is 17.7 Å². The van der Waals surface area contributed by atoms with Crippen molar-refractivity contribution in [1.82, 2.24) is 10.5 Å². The number of rotatable bonds is 7. The van der Waals surface area contributed by atoms with Crippen molar-refractivity contribution in [2.45, 2.75) is 18.3 Å². The number of hydrogen-bond donors (Lipinski definition) is 1. The number of alkyl halides is 3. The Bertz CT molecular complexity index is 1180. The molecule has 0 bridgehead atoms. The van der Waals surface area contributed by atoms with Crippen molar-refractivity contribution in [2.75, 3.05) is 7.11 Å². The molecule has 0 aliphatic carbocycles. The topological polar surface area (TPSA) is 134 Å². The Morgan fingerprint density at radius 3 is 2.32 bits per heavy atom. The second-order valence-corrected chi connectivity index (χ2v) is 6.81. The van der Waals surface area contributed by atoms with E-state index >= 15 is 0 Å². The number of carbonyl (C=O) groups excluding carboxylic acids is 2. The second kappa shape index (κ2) is 9.60. The van der Waals surface area contributed by atoms with E-state index in [0.717, 1.165) is 18.2 Å². The first-order valence-corrected chi connectivity index (χ1v) is 9.44. The molecule has 0 radical (unpaired) electrons. The molecule has 1 heterocycles. The summed E-state index contributed by atoms with van der Waals surface area (Å²) in [5, 5.41) is 15.8. The molecule has 1 aromatic heterocycles. The van der Waals surface area contributed by atoms with Gasteiger partial charge < -0.3 is 14.0 Å². The lowest BCUT2D eigenvalue weighted by atomic mass is 9.94. The summed E-state index contributed by atoms with van der Waals surface area (Å²) in [6.07, 6.45) is -7.00. The molecule has 2 aromatic carbocycles. The van der Waals surface area contributed by atoms with Crippen molar-refractivity contribution in [1.29, 1.82) is 0 Å². The quantitative estimate of drug-likeness (QED) is 0.304. The zero-order valence-electron chi connectivity index (χ0n) is 17.4. The molecule has 1 unspecified atom stereocenters. The van der Waals surface area contributed by atoms with Crippen LogP contribution in [-0.2, 0) is 26.4 Å². The van der Waals surface area contributed by atoms with Crippen LogP contribution in [0.5, 0.6) is 0 Å². The third-order valence-corrected chi connectivity index (χ3v) is 4.67. The predicted molar refractivity (Wildman–Crippen MR) is 108 cm³/mol. The number of ether oxygens (including phenoxy) is 2. The normalized spacial score (nSPS) is 12.9. The minimum Gasteiger partial charge on any atom is -0.467 e. The van der Waals surface area contributed by atoms with Crippen LogP contribution in [0.15, 0.2) is 65.2 Å². The van der Waals surface area contributed by atoms with Gasteiger partial charge >= 0.3 is 18.2 Å². The summed E-state index contributed by atoms with van der Waals surface area (Å²) >= 11 is 0. The molecule has 34 heavy (non-hydrogen) atoms. The smallest absolute Gasteiger partial charge is 0.430 e. The molecule has 0 saturated heterocycles. The highest BCUT2D eigenvalue weighted by Gasteiger charge is 2.67. The van der Waals surface area contributed by atoms with Gasteiger partial charge in [-0.1, -0.05) is 35.5 Å². The van der Waals surface area contributed by atoms with E-state index in [1.807, 2.05) is 0 Å². The number of benzene rings is 2. The Balaban J connectivity index is 1.95. The summed E-state index contributed by atoms with van der Waals surface area (Å²) in [6, 6.07) is 13.6. The van der Waals surface area contributed by atoms with Crippen LogP contribution < -0.4 is 5.32 Å². The second-order valence-electron chi connectivity index (χ2n) is 6.81. The lowest BCUT2D eigenvalue weighted by molar-refractivity contribution is -0.384. The van der Waals surface area contributed by atoms with Gasteiger partial charge in [0.15, 0.2) is 5.76 Å². The highest BCUT2D eigenvalue weighted by molar-refractivity contribution is 5.88. The Hall–Kier alpha value is -4.42. The highest BCUT2D eigenvalue weighted by Crippen LogP contribution is 2.41. The molecule has 178 valence electrons. The molecule has 10 nitrogen and oxygen atoms in total. The highest BCUT2D eigenvalue weighted by atomic mass is 19.4. The van der Waals surface area contributed by atoms with Crippen LogP contribution >= 0.6 is 0 Å². The van der Waals surface area contributed by atoms with Crippen LogP contribution in [0, 0.1) is 10.1 Å². The third kappa shape index (κ3) is 4.82. The van der Waals surface area contributed by atoms with E-state index in [4.69, 9.17) is 9.26 Å². The number of nitrogens with zero attached hydrogens (tertiary/aromatic N) is 2. The van der Waals surface area contributed by atoms with E-state index in [1.165, 1.54) is 17.4 Å². The minimum absolute atomic E-state index is 0.160. The number of hydrogen-bond acceptors (Lipinski definition) is 8. The van der Waals surface area contributed by atoms with Crippen molar-refractivity contribution in [3.63, 3.8) is 0 Å². The molecule has 1 amide bonds. The number of esters is 1.